The van der Waals surface area contributed by atoms with Crippen molar-refractivity contribution in [3.63, 3.8) is 0 Å². The second-order valence-corrected chi connectivity index (χ2v) is 6.69. The zero-order valence-electron chi connectivity index (χ0n) is 14.3. The third-order valence-electron chi connectivity index (χ3n) is 4.35. The van der Waals surface area contributed by atoms with Crippen LogP contribution in [-0.4, -0.2) is 42.4 Å². The highest BCUT2D eigenvalue weighted by atomic mass is 16.5. The number of aryl methyl sites for hydroxylation is 2. The number of aliphatic hydroxyl groups is 1. The Labute approximate surface area is 138 Å². The minimum absolute atomic E-state index is 0.00706. The SMILES string of the molecule is Cc1ccc(NC(=O)CC(C)NCC2(O)CCOCC2)c(C)c1. The van der Waals surface area contributed by atoms with Crippen LogP contribution < -0.4 is 10.6 Å². The maximum atomic E-state index is 12.2. The van der Waals surface area contributed by atoms with E-state index in [0.29, 0.717) is 39.0 Å². The molecule has 1 aliphatic rings. The van der Waals surface area contributed by atoms with E-state index in [1.54, 1.807) is 0 Å². The van der Waals surface area contributed by atoms with Crippen LogP contribution in [0.25, 0.3) is 0 Å². The zero-order chi connectivity index (χ0) is 16.9. The van der Waals surface area contributed by atoms with Crippen molar-refractivity contribution in [2.45, 2.75) is 51.7 Å². The van der Waals surface area contributed by atoms with Crippen molar-refractivity contribution in [3.05, 3.63) is 29.3 Å². The Bertz CT molecular complexity index is 539. The maximum Gasteiger partial charge on any atom is 0.225 e. The van der Waals surface area contributed by atoms with E-state index < -0.39 is 5.60 Å². The van der Waals surface area contributed by atoms with Crippen LogP contribution in [0.3, 0.4) is 0 Å². The minimum Gasteiger partial charge on any atom is -0.388 e. The lowest BCUT2D eigenvalue weighted by molar-refractivity contribution is -0.116. The van der Waals surface area contributed by atoms with Gasteiger partial charge in [0.05, 0.1) is 5.60 Å². The smallest absolute Gasteiger partial charge is 0.225 e. The van der Waals surface area contributed by atoms with Crippen molar-refractivity contribution in [3.8, 4) is 0 Å². The predicted molar refractivity (Wildman–Crippen MR) is 91.6 cm³/mol. The second-order valence-electron chi connectivity index (χ2n) is 6.69. The highest BCUT2D eigenvalue weighted by molar-refractivity contribution is 5.91. The minimum atomic E-state index is -0.712. The van der Waals surface area contributed by atoms with Crippen molar-refractivity contribution in [2.24, 2.45) is 0 Å². The molecule has 0 bridgehead atoms. The fraction of sp³-hybridized carbons (Fsp3) is 0.611. The van der Waals surface area contributed by atoms with E-state index in [9.17, 15) is 9.90 Å². The number of benzene rings is 1. The summed E-state index contributed by atoms with van der Waals surface area (Å²) in [6, 6.07) is 5.99. The first-order valence-corrected chi connectivity index (χ1v) is 8.29. The van der Waals surface area contributed by atoms with E-state index in [-0.39, 0.29) is 11.9 Å². The van der Waals surface area contributed by atoms with Crippen molar-refractivity contribution < 1.29 is 14.6 Å². The Kier molecular flexibility index (Phi) is 6.16. The number of rotatable bonds is 6. The summed E-state index contributed by atoms with van der Waals surface area (Å²) in [6.07, 6.45) is 1.66. The summed E-state index contributed by atoms with van der Waals surface area (Å²) in [6.45, 7) is 7.68. The van der Waals surface area contributed by atoms with Gasteiger partial charge in [-0.1, -0.05) is 17.7 Å². The molecule has 23 heavy (non-hydrogen) atoms. The Morgan fingerprint density at radius 3 is 2.70 bits per heavy atom. The summed E-state index contributed by atoms with van der Waals surface area (Å²) in [5.41, 5.74) is 2.39. The number of hydrogen-bond acceptors (Lipinski definition) is 4. The van der Waals surface area contributed by atoms with Crippen LogP contribution in [0.5, 0.6) is 0 Å². The Morgan fingerprint density at radius 1 is 1.35 bits per heavy atom. The van der Waals surface area contributed by atoms with Gasteiger partial charge in [-0.25, -0.2) is 0 Å². The lowest BCUT2D eigenvalue weighted by atomic mass is 9.94. The molecule has 0 aromatic heterocycles. The van der Waals surface area contributed by atoms with Crippen LogP contribution in [0, 0.1) is 13.8 Å². The van der Waals surface area contributed by atoms with E-state index in [1.807, 2.05) is 32.9 Å². The van der Waals surface area contributed by atoms with Gasteiger partial charge >= 0.3 is 0 Å². The molecular formula is C18H28N2O3. The monoisotopic (exact) mass is 320 g/mol. The largest absolute Gasteiger partial charge is 0.388 e. The molecule has 1 atom stereocenters. The lowest BCUT2D eigenvalue weighted by Crippen LogP contribution is -2.47. The second kappa shape index (κ2) is 7.90. The number of carbonyl (C=O) groups is 1. The normalized spacial score (nSPS) is 18.4. The van der Waals surface area contributed by atoms with Crippen molar-refractivity contribution in [1.29, 1.82) is 0 Å². The molecule has 5 heteroatoms. The summed E-state index contributed by atoms with van der Waals surface area (Å²) in [5.74, 6) is -0.0177. The van der Waals surface area contributed by atoms with E-state index >= 15 is 0 Å². The van der Waals surface area contributed by atoms with Crippen LogP contribution in [0.4, 0.5) is 5.69 Å². The average Bonchev–Trinajstić information content (AvgIpc) is 2.49. The van der Waals surface area contributed by atoms with Crippen molar-refractivity contribution in [1.82, 2.24) is 5.32 Å². The van der Waals surface area contributed by atoms with Gasteiger partial charge in [-0.15, -0.1) is 0 Å². The van der Waals surface area contributed by atoms with Crippen LogP contribution in [-0.2, 0) is 9.53 Å². The summed E-state index contributed by atoms with van der Waals surface area (Å²) in [7, 11) is 0. The molecule has 3 N–H and O–H groups in total. The van der Waals surface area contributed by atoms with Crippen molar-refractivity contribution >= 4 is 11.6 Å². The topological polar surface area (TPSA) is 70.6 Å². The van der Waals surface area contributed by atoms with E-state index in [1.165, 1.54) is 5.56 Å². The molecule has 1 aromatic rings. The molecular weight excluding hydrogens is 292 g/mol. The molecule has 1 aromatic carbocycles. The first-order valence-electron chi connectivity index (χ1n) is 8.29. The number of carbonyl (C=O) groups excluding carboxylic acids is 1. The highest BCUT2D eigenvalue weighted by Gasteiger charge is 2.29. The average molecular weight is 320 g/mol. The molecule has 0 radical (unpaired) electrons. The summed E-state index contributed by atoms with van der Waals surface area (Å²) in [4.78, 5) is 12.2. The first kappa shape index (κ1) is 17.9. The van der Waals surface area contributed by atoms with Gasteiger partial charge in [0.1, 0.15) is 0 Å². The van der Waals surface area contributed by atoms with Gasteiger partial charge in [0.15, 0.2) is 0 Å². The van der Waals surface area contributed by atoms with Crippen LogP contribution >= 0.6 is 0 Å². The number of ether oxygens (including phenoxy) is 1. The fourth-order valence-corrected chi connectivity index (χ4v) is 2.80. The molecule has 0 saturated carbocycles. The number of amides is 1. The molecule has 1 aliphatic heterocycles. The first-order chi connectivity index (χ1) is 10.9. The molecule has 1 heterocycles. The molecule has 5 nitrogen and oxygen atoms in total. The zero-order valence-corrected chi connectivity index (χ0v) is 14.3. The van der Waals surface area contributed by atoms with Crippen LogP contribution in [0.2, 0.25) is 0 Å². The van der Waals surface area contributed by atoms with Gasteiger partial charge in [-0.3, -0.25) is 4.79 Å². The summed E-state index contributed by atoms with van der Waals surface area (Å²) in [5, 5.41) is 16.6. The summed E-state index contributed by atoms with van der Waals surface area (Å²) < 4.78 is 5.27. The highest BCUT2D eigenvalue weighted by Crippen LogP contribution is 2.20. The van der Waals surface area contributed by atoms with Crippen LogP contribution in [0.15, 0.2) is 18.2 Å². The number of nitrogens with one attached hydrogen (secondary N) is 2. The van der Waals surface area contributed by atoms with Gasteiger partial charge in [-0.05, 0) is 32.4 Å². The van der Waals surface area contributed by atoms with Gasteiger partial charge in [0.2, 0.25) is 5.91 Å². The third kappa shape index (κ3) is 5.61. The molecule has 1 saturated heterocycles. The fourth-order valence-electron chi connectivity index (χ4n) is 2.80. The Hall–Kier alpha value is -1.43. The van der Waals surface area contributed by atoms with Gasteiger partial charge in [0.25, 0.3) is 0 Å². The van der Waals surface area contributed by atoms with E-state index in [2.05, 4.69) is 16.7 Å². The molecule has 0 aliphatic carbocycles. The molecule has 2 rings (SSSR count). The number of hydrogen-bond donors (Lipinski definition) is 3. The van der Waals surface area contributed by atoms with Crippen molar-refractivity contribution in [2.75, 3.05) is 25.1 Å². The third-order valence-corrected chi connectivity index (χ3v) is 4.35. The van der Waals surface area contributed by atoms with E-state index in [0.717, 1.165) is 11.3 Å². The lowest BCUT2D eigenvalue weighted by Gasteiger charge is -2.33. The Morgan fingerprint density at radius 2 is 2.04 bits per heavy atom. The molecule has 128 valence electrons. The number of anilines is 1. The standard InChI is InChI=1S/C18H28N2O3/c1-13-4-5-16(14(2)10-13)20-17(21)11-15(3)19-12-18(22)6-8-23-9-7-18/h4-5,10,15,19,22H,6-9,11-12H2,1-3H3,(H,20,21). The molecule has 1 unspecified atom stereocenters. The van der Waals surface area contributed by atoms with Gasteiger partial charge < -0.3 is 20.5 Å². The quantitative estimate of drug-likeness (QED) is 0.751. The molecule has 0 spiro atoms. The van der Waals surface area contributed by atoms with Gasteiger partial charge in [0, 0.05) is 50.8 Å². The van der Waals surface area contributed by atoms with E-state index in [4.69, 9.17) is 4.74 Å². The summed E-state index contributed by atoms with van der Waals surface area (Å²) >= 11 is 0. The van der Waals surface area contributed by atoms with Gasteiger partial charge in [-0.2, -0.15) is 0 Å². The Balaban J connectivity index is 1.78. The molecule has 1 amide bonds. The van der Waals surface area contributed by atoms with Crippen LogP contribution in [0.1, 0.15) is 37.3 Å². The molecule has 1 fully saturated rings. The maximum absolute atomic E-state index is 12.2. The predicted octanol–water partition coefficient (Wildman–Crippen LogP) is 2.15.